The molecule has 3 atom stereocenters. The Morgan fingerprint density at radius 1 is 1.26 bits per heavy atom. The van der Waals surface area contributed by atoms with Crippen LogP contribution in [-0.4, -0.2) is 87.3 Å². The Balaban J connectivity index is 1.23. The number of H-pyrrole nitrogens is 2. The molecule has 4 N–H and O–H groups in total. The van der Waals surface area contributed by atoms with Gasteiger partial charge in [-0.05, 0) is 30.5 Å². The van der Waals surface area contributed by atoms with Gasteiger partial charge in [-0.15, -0.1) is 0 Å². The van der Waals surface area contributed by atoms with E-state index in [1.807, 2.05) is 11.0 Å². The summed E-state index contributed by atoms with van der Waals surface area (Å²) in [6.07, 6.45) is 3.23. The Hall–Kier alpha value is -3.06. The van der Waals surface area contributed by atoms with Gasteiger partial charge in [0.25, 0.3) is 0 Å². The van der Waals surface area contributed by atoms with Gasteiger partial charge in [-0.3, -0.25) is 20.1 Å². The van der Waals surface area contributed by atoms with E-state index in [2.05, 4.69) is 32.2 Å². The number of nitro groups is 1. The van der Waals surface area contributed by atoms with Crippen LogP contribution in [-0.2, 0) is 16.0 Å². The van der Waals surface area contributed by atoms with Crippen LogP contribution in [0.15, 0.2) is 24.4 Å². The van der Waals surface area contributed by atoms with Gasteiger partial charge in [-0.25, -0.2) is 4.98 Å². The minimum absolute atomic E-state index is 0.158. The van der Waals surface area contributed by atoms with Crippen LogP contribution in [0, 0.1) is 10.1 Å². The number of likely N-dealkylation sites (tertiary alicyclic amines) is 1. The third-order valence-corrected chi connectivity index (χ3v) is 6.75. The van der Waals surface area contributed by atoms with Gasteiger partial charge in [0.1, 0.15) is 6.17 Å². The van der Waals surface area contributed by atoms with Crippen molar-refractivity contribution in [2.45, 2.75) is 43.8 Å². The standard InChI is InChI=1S/C22H28N8O4/c23-20(12-29(31)32)30(14-2-3-14)17-8-24-27-21(17)22-25-15-4-1-13(7-16(15)26-22)9-28-10-18-19(11-28)34-6-5-33-18/h1,4,7-8,14,18-20H,2-3,5-6,9-12,23H2,(H,24,27)(H,25,26)/t18-,19-,20?/m1/s1. The molecule has 4 heterocycles. The van der Waals surface area contributed by atoms with Gasteiger partial charge >= 0.3 is 0 Å². The van der Waals surface area contributed by atoms with Crippen molar-refractivity contribution in [1.29, 1.82) is 0 Å². The summed E-state index contributed by atoms with van der Waals surface area (Å²) in [5.41, 5.74) is 10.5. The summed E-state index contributed by atoms with van der Waals surface area (Å²) in [7, 11) is 0. The van der Waals surface area contributed by atoms with Crippen LogP contribution in [0.25, 0.3) is 22.6 Å². The molecule has 3 aliphatic rings. The summed E-state index contributed by atoms with van der Waals surface area (Å²) >= 11 is 0. The molecule has 12 nitrogen and oxygen atoms in total. The van der Waals surface area contributed by atoms with E-state index in [9.17, 15) is 10.1 Å². The number of aromatic nitrogens is 4. The number of anilines is 1. The molecule has 2 aliphatic heterocycles. The number of imidazole rings is 1. The van der Waals surface area contributed by atoms with Crippen molar-refractivity contribution in [3.05, 3.63) is 40.1 Å². The maximum atomic E-state index is 11.1. The number of hydrogen-bond acceptors (Lipinski definition) is 9. The molecule has 0 bridgehead atoms. The average molecular weight is 469 g/mol. The summed E-state index contributed by atoms with van der Waals surface area (Å²) in [4.78, 5) is 23.1. The molecule has 12 heteroatoms. The number of nitrogens with two attached hydrogens (primary N) is 1. The lowest BCUT2D eigenvalue weighted by Gasteiger charge is -2.27. The van der Waals surface area contributed by atoms with E-state index in [4.69, 9.17) is 20.2 Å². The smallest absolute Gasteiger partial charge is 0.236 e. The van der Waals surface area contributed by atoms with E-state index in [-0.39, 0.29) is 29.7 Å². The monoisotopic (exact) mass is 468 g/mol. The third kappa shape index (κ3) is 4.13. The van der Waals surface area contributed by atoms with Crippen LogP contribution in [0.2, 0.25) is 0 Å². The van der Waals surface area contributed by atoms with Crippen LogP contribution < -0.4 is 10.6 Å². The lowest BCUT2D eigenvalue weighted by Crippen LogP contribution is -2.48. The lowest BCUT2D eigenvalue weighted by atomic mass is 10.2. The van der Waals surface area contributed by atoms with Crippen LogP contribution in [0.3, 0.4) is 0 Å². The second-order valence-corrected chi connectivity index (χ2v) is 9.29. The Kier molecular flexibility index (Phi) is 5.44. The van der Waals surface area contributed by atoms with E-state index < -0.39 is 6.17 Å². The third-order valence-electron chi connectivity index (χ3n) is 6.75. The van der Waals surface area contributed by atoms with Crippen molar-refractivity contribution < 1.29 is 14.4 Å². The fraction of sp³-hybridized carbons (Fsp3) is 0.545. The van der Waals surface area contributed by atoms with Crippen molar-refractivity contribution >= 4 is 16.7 Å². The number of aromatic amines is 2. The molecular weight excluding hydrogens is 440 g/mol. The largest absolute Gasteiger partial charge is 0.372 e. The van der Waals surface area contributed by atoms with E-state index in [1.54, 1.807) is 6.20 Å². The van der Waals surface area contributed by atoms with E-state index in [0.29, 0.717) is 24.7 Å². The zero-order valence-electron chi connectivity index (χ0n) is 18.7. The first kappa shape index (κ1) is 21.5. The molecule has 1 aliphatic carbocycles. The maximum absolute atomic E-state index is 11.1. The van der Waals surface area contributed by atoms with Crippen LogP contribution in [0.1, 0.15) is 18.4 Å². The Morgan fingerprint density at radius 2 is 2.03 bits per heavy atom. The molecule has 3 aromatic rings. The molecule has 2 aromatic heterocycles. The molecule has 1 saturated carbocycles. The van der Waals surface area contributed by atoms with Crippen LogP contribution >= 0.6 is 0 Å². The van der Waals surface area contributed by atoms with Crippen molar-refractivity contribution in [3.8, 4) is 11.5 Å². The molecule has 180 valence electrons. The van der Waals surface area contributed by atoms with E-state index in [0.717, 1.165) is 49.2 Å². The summed E-state index contributed by atoms with van der Waals surface area (Å²) in [5.74, 6) is 0.608. The highest BCUT2D eigenvalue weighted by Gasteiger charge is 2.38. The maximum Gasteiger partial charge on any atom is 0.236 e. The molecule has 2 saturated heterocycles. The molecule has 0 amide bonds. The summed E-state index contributed by atoms with van der Waals surface area (Å²) in [6.45, 7) is 3.55. The molecule has 1 aromatic carbocycles. The highest BCUT2D eigenvalue weighted by atomic mass is 16.6. The first-order chi connectivity index (χ1) is 16.5. The fourth-order valence-electron chi connectivity index (χ4n) is 5.09. The number of nitrogens with one attached hydrogen (secondary N) is 2. The van der Waals surface area contributed by atoms with Gasteiger partial charge in [-0.2, -0.15) is 5.10 Å². The molecule has 6 rings (SSSR count). The van der Waals surface area contributed by atoms with E-state index in [1.165, 1.54) is 5.56 Å². The number of benzene rings is 1. The normalized spacial score (nSPS) is 23.8. The number of nitrogens with zero attached hydrogens (tertiary/aromatic N) is 5. The molecule has 34 heavy (non-hydrogen) atoms. The number of fused-ring (bicyclic) bond motifs is 2. The SMILES string of the molecule is NC(C[N+](=O)[O-])N(c1c[nH]nc1-c1nc2ccc(CN3C[C@H]4OCCO[C@@H]4C3)cc2[nH]1)C1CC1. The van der Waals surface area contributed by atoms with Gasteiger partial charge in [0.15, 0.2) is 11.5 Å². The van der Waals surface area contributed by atoms with Gasteiger partial charge in [0.2, 0.25) is 6.54 Å². The molecule has 3 fully saturated rings. The zero-order chi connectivity index (χ0) is 23.2. The summed E-state index contributed by atoms with van der Waals surface area (Å²) < 4.78 is 11.7. The second kappa shape index (κ2) is 8.62. The number of rotatable bonds is 8. The minimum atomic E-state index is -0.730. The second-order valence-electron chi connectivity index (χ2n) is 9.29. The Bertz CT molecular complexity index is 1180. The van der Waals surface area contributed by atoms with Crippen LogP contribution in [0.5, 0.6) is 0 Å². The lowest BCUT2D eigenvalue weighted by molar-refractivity contribution is -0.482. The molecule has 0 radical (unpaired) electrons. The summed E-state index contributed by atoms with van der Waals surface area (Å²) in [6, 6.07) is 6.38. The minimum Gasteiger partial charge on any atom is -0.372 e. The van der Waals surface area contributed by atoms with Crippen molar-refractivity contribution in [2.75, 3.05) is 37.7 Å². The number of hydrogen-bond donors (Lipinski definition) is 3. The van der Waals surface area contributed by atoms with E-state index >= 15 is 0 Å². The fourth-order valence-corrected chi connectivity index (χ4v) is 5.09. The average Bonchev–Trinajstić information content (AvgIpc) is 3.19. The van der Waals surface area contributed by atoms with Gasteiger partial charge in [0, 0.05) is 36.8 Å². The summed E-state index contributed by atoms with van der Waals surface area (Å²) in [5, 5.41) is 18.4. The first-order valence-electron chi connectivity index (χ1n) is 11.7. The molecule has 1 unspecified atom stereocenters. The quantitative estimate of drug-likeness (QED) is 0.250. The van der Waals surface area contributed by atoms with Crippen molar-refractivity contribution in [1.82, 2.24) is 25.1 Å². The Morgan fingerprint density at radius 3 is 2.74 bits per heavy atom. The van der Waals surface area contributed by atoms with Crippen molar-refractivity contribution in [2.24, 2.45) is 5.73 Å². The zero-order valence-corrected chi connectivity index (χ0v) is 18.7. The predicted molar refractivity (Wildman–Crippen MR) is 124 cm³/mol. The van der Waals surface area contributed by atoms with Crippen molar-refractivity contribution in [3.63, 3.8) is 0 Å². The number of ether oxygens (including phenoxy) is 2. The highest BCUT2D eigenvalue weighted by molar-refractivity contribution is 5.82. The predicted octanol–water partition coefficient (Wildman–Crippen LogP) is 1.08. The molecular formula is C22H28N8O4. The molecule has 0 spiro atoms. The van der Waals surface area contributed by atoms with Gasteiger partial charge in [-0.1, -0.05) is 6.07 Å². The Labute approximate surface area is 195 Å². The van der Waals surface area contributed by atoms with Gasteiger partial charge in [0.05, 0.1) is 42.1 Å². The first-order valence-corrected chi connectivity index (χ1v) is 11.7. The van der Waals surface area contributed by atoms with Gasteiger partial charge < -0.3 is 25.1 Å². The van der Waals surface area contributed by atoms with Crippen LogP contribution in [0.4, 0.5) is 5.69 Å². The highest BCUT2D eigenvalue weighted by Crippen LogP contribution is 2.37. The topological polar surface area (TPSA) is 151 Å².